The number of anilines is 1. The van der Waals surface area contributed by atoms with Crippen molar-refractivity contribution in [2.24, 2.45) is 0 Å². The molecule has 0 aliphatic carbocycles. The highest BCUT2D eigenvalue weighted by Crippen LogP contribution is 2.27. The molecule has 7 heteroatoms. The van der Waals surface area contributed by atoms with Gasteiger partial charge >= 0.3 is 6.01 Å². The van der Waals surface area contributed by atoms with E-state index in [2.05, 4.69) is 32.8 Å². The predicted molar refractivity (Wildman–Crippen MR) is 107 cm³/mol. The van der Waals surface area contributed by atoms with Gasteiger partial charge in [-0.05, 0) is 58.2 Å². The predicted octanol–water partition coefficient (Wildman–Crippen LogP) is 3.40. The SMILES string of the molecule is CCCCOc1nc(N)c2[nH]c(C#N)c(CCCCN3CCCCC3)c2n1. The van der Waals surface area contributed by atoms with Gasteiger partial charge in [0.1, 0.15) is 22.8 Å². The number of unbranched alkanes of at least 4 members (excludes halogenated alkanes) is 2. The lowest BCUT2D eigenvalue weighted by Gasteiger charge is -2.26. The van der Waals surface area contributed by atoms with Gasteiger partial charge in [0.2, 0.25) is 0 Å². The van der Waals surface area contributed by atoms with E-state index in [1.165, 1.54) is 32.4 Å². The van der Waals surface area contributed by atoms with Crippen molar-refractivity contribution in [1.29, 1.82) is 5.26 Å². The number of ether oxygens (including phenoxy) is 1. The summed E-state index contributed by atoms with van der Waals surface area (Å²) in [5, 5.41) is 9.50. The summed E-state index contributed by atoms with van der Waals surface area (Å²) >= 11 is 0. The van der Waals surface area contributed by atoms with Gasteiger partial charge in [0, 0.05) is 5.56 Å². The highest BCUT2D eigenvalue weighted by Gasteiger charge is 2.17. The summed E-state index contributed by atoms with van der Waals surface area (Å²) in [6.45, 7) is 6.25. The monoisotopic (exact) mass is 370 g/mol. The second-order valence-corrected chi connectivity index (χ2v) is 7.27. The molecule has 1 fully saturated rings. The fraction of sp³-hybridized carbons (Fsp3) is 0.650. The van der Waals surface area contributed by atoms with Crippen LogP contribution in [-0.4, -0.2) is 46.1 Å². The van der Waals surface area contributed by atoms with Crippen LogP contribution in [0.5, 0.6) is 6.01 Å². The minimum atomic E-state index is 0.298. The van der Waals surface area contributed by atoms with E-state index in [-0.39, 0.29) is 0 Å². The maximum absolute atomic E-state index is 9.50. The lowest BCUT2D eigenvalue weighted by atomic mass is 10.1. The Kier molecular flexibility index (Phi) is 6.88. The lowest BCUT2D eigenvalue weighted by molar-refractivity contribution is 0.225. The largest absolute Gasteiger partial charge is 0.463 e. The maximum Gasteiger partial charge on any atom is 0.319 e. The van der Waals surface area contributed by atoms with Gasteiger partial charge in [0.05, 0.1) is 6.61 Å². The molecule has 2 aromatic heterocycles. The van der Waals surface area contributed by atoms with Crippen molar-refractivity contribution in [3.8, 4) is 12.1 Å². The highest BCUT2D eigenvalue weighted by atomic mass is 16.5. The number of nitriles is 1. The van der Waals surface area contributed by atoms with Crippen LogP contribution in [-0.2, 0) is 6.42 Å². The number of rotatable bonds is 9. The number of H-pyrrole nitrogens is 1. The molecule has 0 aromatic carbocycles. The quantitative estimate of drug-likeness (QED) is 0.656. The minimum absolute atomic E-state index is 0.298. The van der Waals surface area contributed by atoms with Crippen LogP contribution in [0.2, 0.25) is 0 Å². The molecule has 7 nitrogen and oxygen atoms in total. The fourth-order valence-electron chi connectivity index (χ4n) is 3.65. The number of aromatic amines is 1. The van der Waals surface area contributed by atoms with Crippen molar-refractivity contribution < 1.29 is 4.74 Å². The Morgan fingerprint density at radius 2 is 2.00 bits per heavy atom. The first-order valence-electron chi connectivity index (χ1n) is 10.2. The number of hydrogen-bond acceptors (Lipinski definition) is 6. The lowest BCUT2D eigenvalue weighted by Crippen LogP contribution is -2.30. The van der Waals surface area contributed by atoms with Gasteiger partial charge in [-0.1, -0.05) is 19.8 Å². The first-order valence-corrected chi connectivity index (χ1v) is 10.2. The molecule has 0 atom stereocenters. The van der Waals surface area contributed by atoms with Crippen LogP contribution in [0.15, 0.2) is 0 Å². The normalized spacial score (nSPS) is 15.1. The Labute approximate surface area is 160 Å². The fourth-order valence-corrected chi connectivity index (χ4v) is 3.65. The summed E-state index contributed by atoms with van der Waals surface area (Å²) in [6.07, 6.45) is 8.94. The number of nitrogens with one attached hydrogen (secondary N) is 1. The van der Waals surface area contributed by atoms with Crippen LogP contribution in [0.3, 0.4) is 0 Å². The third-order valence-corrected chi connectivity index (χ3v) is 5.19. The Bertz CT molecular complexity index is 788. The van der Waals surface area contributed by atoms with Gasteiger partial charge in [0.15, 0.2) is 5.82 Å². The molecule has 27 heavy (non-hydrogen) atoms. The molecule has 3 heterocycles. The third-order valence-electron chi connectivity index (χ3n) is 5.19. The van der Waals surface area contributed by atoms with Gasteiger partial charge in [-0.3, -0.25) is 0 Å². The Morgan fingerprint density at radius 1 is 1.19 bits per heavy atom. The minimum Gasteiger partial charge on any atom is -0.463 e. The molecular weight excluding hydrogens is 340 g/mol. The molecule has 0 radical (unpaired) electrons. The number of piperidine rings is 1. The number of nitrogens with two attached hydrogens (primary N) is 1. The molecule has 0 saturated carbocycles. The van der Waals surface area contributed by atoms with Crippen molar-refractivity contribution in [3.63, 3.8) is 0 Å². The standard InChI is InChI=1S/C20H30N6O/c1-2-3-13-27-20-24-17-15(16(14-21)23-18(17)19(22)25-20)9-5-8-12-26-10-6-4-7-11-26/h23H,2-13H2,1H3,(H2,22,24,25). The van der Waals surface area contributed by atoms with E-state index in [1.54, 1.807) is 0 Å². The first-order chi connectivity index (χ1) is 13.2. The zero-order valence-electron chi connectivity index (χ0n) is 16.3. The molecule has 3 N–H and O–H groups in total. The molecule has 1 aliphatic heterocycles. The van der Waals surface area contributed by atoms with Crippen molar-refractivity contribution >= 4 is 16.9 Å². The number of nitrogen functional groups attached to an aromatic ring is 1. The van der Waals surface area contributed by atoms with Gasteiger partial charge < -0.3 is 20.4 Å². The van der Waals surface area contributed by atoms with E-state index >= 15 is 0 Å². The average Bonchev–Trinajstić information content (AvgIpc) is 3.04. The van der Waals surface area contributed by atoms with Crippen LogP contribution in [0.4, 0.5) is 5.82 Å². The number of fused-ring (bicyclic) bond motifs is 1. The summed E-state index contributed by atoms with van der Waals surface area (Å²) in [7, 11) is 0. The van der Waals surface area contributed by atoms with E-state index in [9.17, 15) is 5.26 Å². The van der Waals surface area contributed by atoms with Crippen LogP contribution in [0.25, 0.3) is 11.0 Å². The molecule has 1 saturated heterocycles. The zero-order chi connectivity index (χ0) is 19.1. The highest BCUT2D eigenvalue weighted by molar-refractivity contribution is 5.89. The van der Waals surface area contributed by atoms with E-state index in [4.69, 9.17) is 10.5 Å². The third kappa shape index (κ3) is 4.89. The van der Waals surface area contributed by atoms with Gasteiger partial charge in [-0.25, -0.2) is 0 Å². The van der Waals surface area contributed by atoms with Gasteiger partial charge in [-0.2, -0.15) is 15.2 Å². The Hall–Kier alpha value is -2.33. The molecule has 2 aromatic rings. The molecule has 0 bridgehead atoms. The molecular formula is C20H30N6O. The second kappa shape index (κ2) is 9.56. The molecule has 3 rings (SSSR count). The van der Waals surface area contributed by atoms with Crippen molar-refractivity contribution in [2.75, 3.05) is 32.0 Å². The second-order valence-electron chi connectivity index (χ2n) is 7.27. The summed E-state index contributed by atoms with van der Waals surface area (Å²) in [6, 6.07) is 2.54. The van der Waals surface area contributed by atoms with Crippen molar-refractivity contribution in [2.45, 2.75) is 58.3 Å². The topological polar surface area (TPSA) is 104 Å². The summed E-state index contributed by atoms with van der Waals surface area (Å²) in [5.74, 6) is 0.336. The maximum atomic E-state index is 9.50. The van der Waals surface area contributed by atoms with E-state index in [1.807, 2.05) is 0 Å². The number of likely N-dealkylation sites (tertiary alicyclic amines) is 1. The molecule has 1 aliphatic rings. The zero-order valence-corrected chi connectivity index (χ0v) is 16.3. The summed E-state index contributed by atoms with van der Waals surface area (Å²) < 4.78 is 5.63. The Balaban J connectivity index is 1.69. The van der Waals surface area contributed by atoms with Crippen LogP contribution >= 0.6 is 0 Å². The molecule has 0 unspecified atom stereocenters. The van der Waals surface area contributed by atoms with Crippen molar-refractivity contribution in [3.05, 3.63) is 11.3 Å². The van der Waals surface area contributed by atoms with Crippen molar-refractivity contribution in [1.82, 2.24) is 19.9 Å². The van der Waals surface area contributed by atoms with Gasteiger partial charge in [0.25, 0.3) is 0 Å². The summed E-state index contributed by atoms with van der Waals surface area (Å²) in [5.41, 5.74) is 8.90. The number of aryl methyl sites for hydroxylation is 1. The van der Waals surface area contributed by atoms with Crippen LogP contribution in [0.1, 0.15) is 63.1 Å². The average molecular weight is 371 g/mol. The first kappa shape index (κ1) is 19.4. The smallest absolute Gasteiger partial charge is 0.319 e. The molecule has 146 valence electrons. The number of aromatic nitrogens is 3. The van der Waals surface area contributed by atoms with Gasteiger partial charge in [-0.15, -0.1) is 0 Å². The molecule has 0 spiro atoms. The number of hydrogen-bond donors (Lipinski definition) is 2. The van der Waals surface area contributed by atoms with Crippen LogP contribution < -0.4 is 10.5 Å². The Morgan fingerprint density at radius 3 is 2.74 bits per heavy atom. The van der Waals surface area contributed by atoms with Crippen LogP contribution in [0, 0.1) is 11.3 Å². The summed E-state index contributed by atoms with van der Waals surface area (Å²) in [4.78, 5) is 14.4. The van der Waals surface area contributed by atoms with E-state index in [0.717, 1.165) is 49.7 Å². The van der Waals surface area contributed by atoms with E-state index < -0.39 is 0 Å². The van der Waals surface area contributed by atoms with E-state index in [0.29, 0.717) is 29.6 Å². The molecule has 0 amide bonds. The number of nitrogens with zero attached hydrogens (tertiary/aromatic N) is 4.